The molecular formula is C21H23N7O2. The number of amides is 2. The Morgan fingerprint density at radius 2 is 1.93 bits per heavy atom. The number of carbonyl (C=O) groups excluding carboxylic acids is 1. The van der Waals surface area contributed by atoms with Crippen molar-refractivity contribution >= 4 is 23.0 Å². The van der Waals surface area contributed by atoms with Crippen LogP contribution in [0.5, 0.6) is 0 Å². The van der Waals surface area contributed by atoms with Crippen molar-refractivity contribution in [1.29, 1.82) is 0 Å². The Morgan fingerprint density at radius 3 is 2.63 bits per heavy atom. The van der Waals surface area contributed by atoms with Crippen LogP contribution in [0.3, 0.4) is 0 Å². The maximum Gasteiger partial charge on any atom is 0.321 e. The Balaban J connectivity index is 0.00000256. The SMILES string of the molecule is C.CCNC(=O)Nc1nc2c(-c3ncccn3)cc(-c3ccn(C)c(=O)c3)cc2[nH]1. The normalized spacial score (nSPS) is 10.5. The van der Waals surface area contributed by atoms with Crippen LogP contribution in [-0.4, -0.2) is 37.1 Å². The van der Waals surface area contributed by atoms with Crippen molar-refractivity contribution in [2.45, 2.75) is 14.4 Å². The summed E-state index contributed by atoms with van der Waals surface area (Å²) in [5, 5.41) is 5.34. The third-order valence-corrected chi connectivity index (χ3v) is 4.40. The smallest absolute Gasteiger partial charge is 0.321 e. The predicted molar refractivity (Wildman–Crippen MR) is 117 cm³/mol. The Labute approximate surface area is 173 Å². The fourth-order valence-electron chi connectivity index (χ4n) is 2.99. The molecule has 9 nitrogen and oxygen atoms in total. The van der Waals surface area contributed by atoms with Crippen molar-refractivity contribution in [3.63, 3.8) is 0 Å². The highest BCUT2D eigenvalue weighted by Gasteiger charge is 2.15. The summed E-state index contributed by atoms with van der Waals surface area (Å²) in [5.41, 5.74) is 3.47. The highest BCUT2D eigenvalue weighted by Crippen LogP contribution is 2.31. The summed E-state index contributed by atoms with van der Waals surface area (Å²) >= 11 is 0. The molecule has 154 valence electrons. The lowest BCUT2D eigenvalue weighted by molar-refractivity contribution is 0.252. The number of nitrogens with one attached hydrogen (secondary N) is 3. The molecule has 4 aromatic rings. The summed E-state index contributed by atoms with van der Waals surface area (Å²) in [7, 11) is 1.70. The largest absolute Gasteiger partial charge is 0.338 e. The summed E-state index contributed by atoms with van der Waals surface area (Å²) in [5.74, 6) is 0.809. The van der Waals surface area contributed by atoms with Gasteiger partial charge < -0.3 is 14.9 Å². The number of aromatic nitrogens is 5. The van der Waals surface area contributed by atoms with E-state index in [-0.39, 0.29) is 19.0 Å². The standard InChI is InChI=1S/C20H19N7O2.CH4/c1-3-21-20(29)26-19-24-15-10-13(12-5-8-27(2)16(28)11-12)9-14(17(15)25-19)18-22-6-4-7-23-18;/h4-11H,3H2,1-2H3,(H3,21,24,25,26,29);1H4. The maximum atomic E-state index is 12.1. The number of anilines is 1. The van der Waals surface area contributed by atoms with Crippen LogP contribution in [0.4, 0.5) is 10.7 Å². The first-order valence-corrected chi connectivity index (χ1v) is 9.08. The second-order valence-corrected chi connectivity index (χ2v) is 6.43. The number of imidazole rings is 1. The van der Waals surface area contributed by atoms with Gasteiger partial charge in [0.05, 0.1) is 5.52 Å². The van der Waals surface area contributed by atoms with Gasteiger partial charge in [0.2, 0.25) is 5.95 Å². The summed E-state index contributed by atoms with van der Waals surface area (Å²) in [6.07, 6.45) is 5.02. The summed E-state index contributed by atoms with van der Waals surface area (Å²) < 4.78 is 1.51. The second kappa shape index (κ2) is 8.56. The molecule has 0 atom stereocenters. The number of urea groups is 1. The van der Waals surface area contributed by atoms with Gasteiger partial charge in [-0.05, 0) is 42.3 Å². The average Bonchev–Trinajstić information content (AvgIpc) is 3.12. The first-order valence-electron chi connectivity index (χ1n) is 9.08. The number of pyridine rings is 1. The molecule has 4 rings (SSSR count). The van der Waals surface area contributed by atoms with E-state index in [1.54, 1.807) is 37.8 Å². The molecule has 0 radical (unpaired) electrons. The molecule has 3 N–H and O–H groups in total. The number of benzene rings is 1. The molecule has 0 fully saturated rings. The summed E-state index contributed by atoms with van der Waals surface area (Å²) in [4.78, 5) is 40.2. The molecule has 0 spiro atoms. The zero-order chi connectivity index (χ0) is 20.4. The van der Waals surface area contributed by atoms with Gasteiger partial charge in [0, 0.05) is 43.8 Å². The lowest BCUT2D eigenvalue weighted by Crippen LogP contribution is -2.28. The molecule has 0 aliphatic heterocycles. The average molecular weight is 405 g/mol. The molecule has 30 heavy (non-hydrogen) atoms. The number of H-pyrrole nitrogens is 1. The maximum absolute atomic E-state index is 12.1. The molecule has 2 amide bonds. The van der Waals surface area contributed by atoms with Crippen molar-refractivity contribution in [2.75, 3.05) is 11.9 Å². The predicted octanol–water partition coefficient (Wildman–Crippen LogP) is 3.16. The first-order chi connectivity index (χ1) is 14.0. The summed E-state index contributed by atoms with van der Waals surface area (Å²) in [6, 6.07) is 8.59. The lowest BCUT2D eigenvalue weighted by atomic mass is 10.0. The number of nitrogens with zero attached hydrogens (tertiary/aromatic N) is 4. The van der Waals surface area contributed by atoms with Gasteiger partial charge in [-0.2, -0.15) is 0 Å². The van der Waals surface area contributed by atoms with Gasteiger partial charge in [0.1, 0.15) is 5.52 Å². The van der Waals surface area contributed by atoms with Gasteiger partial charge in [-0.15, -0.1) is 0 Å². The molecule has 0 saturated carbocycles. The van der Waals surface area contributed by atoms with Crippen molar-refractivity contribution in [3.05, 3.63) is 59.3 Å². The number of hydrogen-bond donors (Lipinski definition) is 3. The van der Waals surface area contributed by atoms with Crippen LogP contribution < -0.4 is 16.2 Å². The van der Waals surface area contributed by atoms with Crippen molar-refractivity contribution < 1.29 is 4.79 Å². The van der Waals surface area contributed by atoms with Gasteiger partial charge in [-0.1, -0.05) is 7.43 Å². The Morgan fingerprint density at radius 1 is 1.17 bits per heavy atom. The number of carbonyl (C=O) groups is 1. The number of aromatic amines is 1. The topological polar surface area (TPSA) is 118 Å². The fraction of sp³-hybridized carbons (Fsp3) is 0.190. The molecule has 0 aliphatic rings. The first kappa shape index (κ1) is 20.7. The highest BCUT2D eigenvalue weighted by molar-refractivity contribution is 5.97. The third kappa shape index (κ3) is 4.04. The lowest BCUT2D eigenvalue weighted by Gasteiger charge is -2.07. The van der Waals surface area contributed by atoms with Gasteiger partial charge >= 0.3 is 6.03 Å². The Kier molecular flexibility index (Phi) is 5.91. The summed E-state index contributed by atoms with van der Waals surface area (Å²) in [6.45, 7) is 2.34. The molecule has 0 bridgehead atoms. The van der Waals surface area contributed by atoms with Crippen LogP contribution in [0, 0.1) is 0 Å². The van der Waals surface area contributed by atoms with E-state index >= 15 is 0 Å². The van der Waals surface area contributed by atoms with Crippen molar-refractivity contribution in [3.8, 4) is 22.5 Å². The van der Waals surface area contributed by atoms with E-state index in [1.165, 1.54) is 4.57 Å². The molecule has 0 aliphatic carbocycles. The minimum Gasteiger partial charge on any atom is -0.338 e. The molecule has 9 heteroatoms. The van der Waals surface area contributed by atoms with Crippen LogP contribution in [0.15, 0.2) is 53.7 Å². The van der Waals surface area contributed by atoms with Crippen LogP contribution in [0.25, 0.3) is 33.5 Å². The number of hydrogen-bond acceptors (Lipinski definition) is 5. The second-order valence-electron chi connectivity index (χ2n) is 6.43. The molecule has 0 unspecified atom stereocenters. The fourth-order valence-corrected chi connectivity index (χ4v) is 2.99. The quantitative estimate of drug-likeness (QED) is 0.482. The van der Waals surface area contributed by atoms with E-state index in [2.05, 4.69) is 30.6 Å². The highest BCUT2D eigenvalue weighted by atomic mass is 16.2. The zero-order valence-corrected chi connectivity index (χ0v) is 15.9. The number of aryl methyl sites for hydroxylation is 1. The zero-order valence-electron chi connectivity index (χ0n) is 15.9. The van der Waals surface area contributed by atoms with Crippen LogP contribution in [-0.2, 0) is 7.05 Å². The van der Waals surface area contributed by atoms with E-state index in [9.17, 15) is 9.59 Å². The molecule has 3 heterocycles. The molecule has 1 aromatic carbocycles. The van der Waals surface area contributed by atoms with E-state index in [4.69, 9.17) is 0 Å². The van der Waals surface area contributed by atoms with E-state index in [1.807, 2.05) is 25.1 Å². The van der Waals surface area contributed by atoms with Crippen molar-refractivity contribution in [1.82, 2.24) is 29.8 Å². The van der Waals surface area contributed by atoms with Crippen LogP contribution >= 0.6 is 0 Å². The third-order valence-electron chi connectivity index (χ3n) is 4.40. The number of fused-ring (bicyclic) bond motifs is 1. The van der Waals surface area contributed by atoms with E-state index in [0.29, 0.717) is 34.9 Å². The monoisotopic (exact) mass is 405 g/mol. The van der Waals surface area contributed by atoms with Gasteiger partial charge in [0.25, 0.3) is 5.56 Å². The van der Waals surface area contributed by atoms with Gasteiger partial charge in [-0.3, -0.25) is 10.1 Å². The van der Waals surface area contributed by atoms with E-state index < -0.39 is 0 Å². The number of rotatable bonds is 4. The van der Waals surface area contributed by atoms with Crippen LogP contribution in [0.1, 0.15) is 14.4 Å². The molecular weight excluding hydrogens is 382 g/mol. The van der Waals surface area contributed by atoms with Crippen molar-refractivity contribution in [2.24, 2.45) is 7.05 Å². The minimum atomic E-state index is -0.351. The van der Waals surface area contributed by atoms with E-state index in [0.717, 1.165) is 11.1 Å². The van der Waals surface area contributed by atoms with Crippen LogP contribution in [0.2, 0.25) is 0 Å². The Hall–Kier alpha value is -4.01. The van der Waals surface area contributed by atoms with Gasteiger partial charge in [0.15, 0.2) is 5.82 Å². The molecule has 3 aromatic heterocycles. The molecule has 0 saturated heterocycles. The van der Waals surface area contributed by atoms with Gasteiger partial charge in [-0.25, -0.2) is 19.7 Å². The minimum absolute atomic E-state index is 0. The Bertz CT molecular complexity index is 1250.